The molecular weight excluding hydrogens is 272 g/mol. The van der Waals surface area contributed by atoms with Gasteiger partial charge in [-0.1, -0.05) is 45.0 Å². The van der Waals surface area contributed by atoms with Crippen molar-refractivity contribution in [2.75, 3.05) is 0 Å². The summed E-state index contributed by atoms with van der Waals surface area (Å²) in [5.41, 5.74) is 0. The van der Waals surface area contributed by atoms with Gasteiger partial charge in [0.25, 0.3) is 0 Å². The summed E-state index contributed by atoms with van der Waals surface area (Å²) in [6.07, 6.45) is 1.63. The average Bonchev–Trinajstić information content (AvgIpc) is 2.54. The van der Waals surface area contributed by atoms with Crippen LogP contribution in [0.1, 0.15) is 27.2 Å². The Morgan fingerprint density at radius 1 is 1.05 bits per heavy atom. The van der Waals surface area contributed by atoms with Crippen LogP contribution in [0.25, 0.3) is 0 Å². The van der Waals surface area contributed by atoms with Crippen LogP contribution in [0.2, 0.25) is 0 Å². The van der Waals surface area contributed by atoms with E-state index in [4.69, 9.17) is 0 Å². The van der Waals surface area contributed by atoms with Crippen molar-refractivity contribution < 1.29 is 13.5 Å². The van der Waals surface area contributed by atoms with Gasteiger partial charge in [-0.05, 0) is 36.3 Å². The maximum Gasteiger partial charge on any atom is 0.202 e. The summed E-state index contributed by atoms with van der Waals surface area (Å²) >= 11 is 0. The molecule has 0 bridgehead atoms. The molecule has 4 atom stereocenters. The van der Waals surface area contributed by atoms with Gasteiger partial charge < -0.3 is 5.11 Å². The zero-order chi connectivity index (χ0) is 14.9. The van der Waals surface area contributed by atoms with E-state index in [2.05, 4.69) is 0 Å². The SMILES string of the molecule is C[C@H]1[C@H](C)[C@@H](C)C(S(=O)(=O)c2ccccc2)=CC[C@@H]1O. The van der Waals surface area contributed by atoms with Gasteiger partial charge in [0.05, 0.1) is 11.0 Å². The predicted octanol–water partition coefficient (Wildman–Crippen LogP) is 3.02. The Morgan fingerprint density at radius 3 is 2.25 bits per heavy atom. The fraction of sp³-hybridized carbons (Fsp3) is 0.500. The molecule has 20 heavy (non-hydrogen) atoms. The van der Waals surface area contributed by atoms with Crippen molar-refractivity contribution in [1.29, 1.82) is 0 Å². The van der Waals surface area contributed by atoms with Gasteiger partial charge in [-0.3, -0.25) is 0 Å². The fourth-order valence-electron chi connectivity index (χ4n) is 2.79. The Bertz CT molecular complexity index is 589. The molecule has 1 N–H and O–H groups in total. The first-order valence-electron chi connectivity index (χ1n) is 7.04. The monoisotopic (exact) mass is 294 g/mol. The number of hydrogen-bond donors (Lipinski definition) is 1. The molecule has 0 saturated heterocycles. The molecule has 0 saturated carbocycles. The van der Waals surface area contributed by atoms with Crippen LogP contribution in [-0.2, 0) is 9.84 Å². The first-order valence-corrected chi connectivity index (χ1v) is 8.52. The number of aliphatic hydroxyl groups is 1. The maximum absolute atomic E-state index is 12.8. The summed E-state index contributed by atoms with van der Waals surface area (Å²) in [5, 5.41) is 10.1. The molecule has 0 aromatic heterocycles. The van der Waals surface area contributed by atoms with Gasteiger partial charge in [0, 0.05) is 4.91 Å². The summed E-state index contributed by atoms with van der Waals surface area (Å²) in [7, 11) is -3.46. The van der Waals surface area contributed by atoms with Crippen LogP contribution >= 0.6 is 0 Å². The Balaban J connectivity index is 2.46. The van der Waals surface area contributed by atoms with Crippen molar-refractivity contribution in [3.8, 4) is 0 Å². The zero-order valence-electron chi connectivity index (χ0n) is 12.2. The second-order valence-electron chi connectivity index (χ2n) is 5.73. The number of allylic oxidation sites excluding steroid dienone is 1. The molecule has 110 valence electrons. The summed E-state index contributed by atoms with van der Waals surface area (Å²) in [6, 6.07) is 8.51. The predicted molar refractivity (Wildman–Crippen MR) is 79.8 cm³/mol. The van der Waals surface area contributed by atoms with Crippen LogP contribution in [-0.4, -0.2) is 19.6 Å². The lowest BCUT2D eigenvalue weighted by atomic mass is 9.83. The van der Waals surface area contributed by atoms with E-state index in [9.17, 15) is 13.5 Å². The summed E-state index contributed by atoms with van der Waals surface area (Å²) in [5.74, 6) is 0.120. The van der Waals surface area contributed by atoms with Gasteiger partial charge >= 0.3 is 0 Å². The lowest BCUT2D eigenvalue weighted by Gasteiger charge is -2.27. The average molecular weight is 294 g/mol. The minimum atomic E-state index is -3.46. The van der Waals surface area contributed by atoms with Gasteiger partial charge in [0.1, 0.15) is 0 Å². The van der Waals surface area contributed by atoms with Gasteiger partial charge in [0.15, 0.2) is 0 Å². The van der Waals surface area contributed by atoms with Crippen molar-refractivity contribution in [3.05, 3.63) is 41.3 Å². The Hall–Kier alpha value is -1.13. The molecule has 1 aromatic rings. The summed E-state index contributed by atoms with van der Waals surface area (Å²) in [6.45, 7) is 5.93. The quantitative estimate of drug-likeness (QED) is 0.912. The Labute approximate surface area is 121 Å². The Morgan fingerprint density at radius 2 is 1.65 bits per heavy atom. The molecule has 0 unspecified atom stereocenters. The van der Waals surface area contributed by atoms with Crippen LogP contribution in [0.4, 0.5) is 0 Å². The molecule has 0 fully saturated rings. The van der Waals surface area contributed by atoms with E-state index in [1.807, 2.05) is 20.8 Å². The molecule has 1 aliphatic carbocycles. The number of benzene rings is 1. The molecule has 1 aliphatic rings. The smallest absolute Gasteiger partial charge is 0.202 e. The number of sulfone groups is 1. The van der Waals surface area contributed by atoms with E-state index < -0.39 is 15.9 Å². The van der Waals surface area contributed by atoms with Crippen molar-refractivity contribution >= 4 is 9.84 Å². The van der Waals surface area contributed by atoms with E-state index in [1.165, 1.54) is 0 Å². The molecule has 0 amide bonds. The summed E-state index contributed by atoms with van der Waals surface area (Å²) < 4.78 is 25.5. The first-order chi connectivity index (χ1) is 9.35. The molecule has 1 aromatic carbocycles. The molecular formula is C16H22O3S. The number of aliphatic hydroxyl groups excluding tert-OH is 1. The van der Waals surface area contributed by atoms with Crippen LogP contribution in [0, 0.1) is 17.8 Å². The van der Waals surface area contributed by atoms with Crippen LogP contribution in [0.15, 0.2) is 46.2 Å². The van der Waals surface area contributed by atoms with Crippen molar-refractivity contribution in [1.82, 2.24) is 0 Å². The van der Waals surface area contributed by atoms with E-state index in [1.54, 1.807) is 36.4 Å². The third kappa shape index (κ3) is 2.67. The van der Waals surface area contributed by atoms with Crippen molar-refractivity contribution in [3.63, 3.8) is 0 Å². The third-order valence-corrected chi connectivity index (χ3v) is 6.65. The van der Waals surface area contributed by atoms with Gasteiger partial charge in [0.2, 0.25) is 9.84 Å². The highest BCUT2D eigenvalue weighted by atomic mass is 32.2. The van der Waals surface area contributed by atoms with Gasteiger partial charge in [-0.25, -0.2) is 8.42 Å². The molecule has 0 radical (unpaired) electrons. The minimum Gasteiger partial charge on any atom is -0.393 e. The first kappa shape index (κ1) is 15.3. The van der Waals surface area contributed by atoms with Crippen LogP contribution < -0.4 is 0 Å². The normalized spacial score (nSPS) is 31.5. The van der Waals surface area contributed by atoms with E-state index in [-0.39, 0.29) is 17.8 Å². The van der Waals surface area contributed by atoms with E-state index in [0.717, 1.165) is 0 Å². The third-order valence-electron chi connectivity index (χ3n) is 4.60. The largest absolute Gasteiger partial charge is 0.393 e. The molecule has 0 heterocycles. The van der Waals surface area contributed by atoms with E-state index >= 15 is 0 Å². The topological polar surface area (TPSA) is 54.4 Å². The second kappa shape index (κ2) is 5.70. The Kier molecular flexibility index (Phi) is 4.35. The van der Waals surface area contributed by atoms with Crippen molar-refractivity contribution in [2.24, 2.45) is 17.8 Å². The standard InChI is InChI=1S/C16H22O3S/c1-11-12(2)15(17)9-10-16(13(11)3)20(18,19)14-7-5-4-6-8-14/h4-8,10-13,15,17H,9H2,1-3H3/t11-,12-,13+,15-/m0/s1. The highest BCUT2D eigenvalue weighted by Gasteiger charge is 2.35. The van der Waals surface area contributed by atoms with Gasteiger partial charge in [-0.15, -0.1) is 0 Å². The second-order valence-corrected chi connectivity index (χ2v) is 7.68. The van der Waals surface area contributed by atoms with Gasteiger partial charge in [-0.2, -0.15) is 0 Å². The number of hydrogen-bond acceptors (Lipinski definition) is 3. The lowest BCUT2D eigenvalue weighted by molar-refractivity contribution is 0.0839. The molecule has 0 aliphatic heterocycles. The molecule has 0 spiro atoms. The molecule has 3 nitrogen and oxygen atoms in total. The van der Waals surface area contributed by atoms with Crippen molar-refractivity contribution in [2.45, 2.75) is 38.2 Å². The van der Waals surface area contributed by atoms with Crippen LogP contribution in [0.5, 0.6) is 0 Å². The zero-order valence-corrected chi connectivity index (χ0v) is 13.0. The molecule has 4 heteroatoms. The minimum absolute atomic E-state index is 0.0877. The fourth-order valence-corrected chi connectivity index (χ4v) is 4.60. The summed E-state index contributed by atoms with van der Waals surface area (Å²) in [4.78, 5) is 0.772. The number of rotatable bonds is 2. The maximum atomic E-state index is 12.8. The highest BCUT2D eigenvalue weighted by Crippen LogP contribution is 2.37. The highest BCUT2D eigenvalue weighted by molar-refractivity contribution is 7.95. The lowest BCUT2D eigenvalue weighted by Crippen LogP contribution is -2.26. The van der Waals surface area contributed by atoms with Crippen LogP contribution in [0.3, 0.4) is 0 Å². The molecule has 2 rings (SSSR count). The van der Waals surface area contributed by atoms with E-state index in [0.29, 0.717) is 16.2 Å².